The van der Waals surface area contributed by atoms with Crippen molar-refractivity contribution in [2.75, 3.05) is 0 Å². The first kappa shape index (κ1) is 19.5. The summed E-state index contributed by atoms with van der Waals surface area (Å²) >= 11 is 0. The number of amides is 1. The number of rotatable bonds is 6. The Bertz CT molecular complexity index is 1010. The van der Waals surface area contributed by atoms with Gasteiger partial charge >= 0.3 is 0 Å². The van der Waals surface area contributed by atoms with E-state index in [-0.39, 0.29) is 29.8 Å². The van der Waals surface area contributed by atoms with Crippen molar-refractivity contribution in [3.63, 3.8) is 0 Å². The molecule has 6 heteroatoms. The van der Waals surface area contributed by atoms with E-state index >= 15 is 0 Å². The first-order chi connectivity index (χ1) is 13.4. The fraction of sp³-hybridized carbons (Fsp3) is 0.273. The number of hydrogen-bond donors (Lipinski definition) is 2. The topological polar surface area (TPSA) is 87.7 Å². The lowest BCUT2D eigenvalue weighted by Crippen LogP contribution is -2.34. The second-order valence-corrected chi connectivity index (χ2v) is 7.15. The van der Waals surface area contributed by atoms with Crippen molar-refractivity contribution < 1.29 is 4.79 Å². The fourth-order valence-electron chi connectivity index (χ4n) is 3.07. The zero-order valence-electron chi connectivity index (χ0n) is 16.3. The third-order valence-corrected chi connectivity index (χ3v) is 4.63. The molecule has 2 heterocycles. The highest BCUT2D eigenvalue weighted by molar-refractivity contribution is 5.79. The minimum Gasteiger partial charge on any atom is -0.347 e. The van der Waals surface area contributed by atoms with Gasteiger partial charge in [0.05, 0.1) is 18.2 Å². The largest absolute Gasteiger partial charge is 0.347 e. The van der Waals surface area contributed by atoms with Crippen molar-refractivity contribution in [2.45, 2.75) is 33.2 Å². The number of H-pyrrole nitrogens is 1. The van der Waals surface area contributed by atoms with Gasteiger partial charge in [0.15, 0.2) is 0 Å². The molecule has 1 unspecified atom stereocenters. The monoisotopic (exact) mass is 376 g/mol. The highest BCUT2D eigenvalue weighted by atomic mass is 16.1. The van der Waals surface area contributed by atoms with Crippen LogP contribution in [0.5, 0.6) is 0 Å². The zero-order chi connectivity index (χ0) is 20.1. The number of aromatic amines is 1. The Hall–Kier alpha value is -3.28. The fourth-order valence-corrected chi connectivity index (χ4v) is 3.07. The Kier molecular flexibility index (Phi) is 5.99. The molecule has 1 amide bonds. The van der Waals surface area contributed by atoms with Crippen LogP contribution in [0.25, 0.3) is 11.4 Å². The molecule has 1 atom stereocenters. The molecule has 0 aliphatic heterocycles. The van der Waals surface area contributed by atoms with E-state index < -0.39 is 0 Å². The van der Waals surface area contributed by atoms with Gasteiger partial charge in [-0.05, 0) is 36.1 Å². The molecule has 0 radical (unpaired) electrons. The Morgan fingerprint density at radius 2 is 1.86 bits per heavy atom. The molecule has 0 aliphatic carbocycles. The summed E-state index contributed by atoms with van der Waals surface area (Å²) < 4.78 is 0. The van der Waals surface area contributed by atoms with Crippen LogP contribution in [0.15, 0.2) is 59.7 Å². The molecule has 3 aromatic rings. The quantitative estimate of drug-likeness (QED) is 0.692. The molecule has 2 aromatic heterocycles. The molecule has 1 aromatic carbocycles. The number of carbonyl (C=O) groups excluding carboxylic acids is 1. The number of nitrogens with one attached hydrogen (secondary N) is 2. The maximum absolute atomic E-state index is 12.7. The van der Waals surface area contributed by atoms with E-state index in [1.807, 2.05) is 45.0 Å². The molecule has 28 heavy (non-hydrogen) atoms. The predicted octanol–water partition coefficient (Wildman–Crippen LogP) is 3.20. The molecule has 0 aliphatic rings. The van der Waals surface area contributed by atoms with Gasteiger partial charge in [0.25, 0.3) is 5.56 Å². The summed E-state index contributed by atoms with van der Waals surface area (Å²) in [4.78, 5) is 36.2. The third-order valence-electron chi connectivity index (χ3n) is 4.63. The van der Waals surface area contributed by atoms with E-state index in [2.05, 4.69) is 20.3 Å². The molecule has 3 rings (SSSR count). The van der Waals surface area contributed by atoms with Gasteiger partial charge in [-0.3, -0.25) is 14.6 Å². The molecular weight excluding hydrogens is 352 g/mol. The van der Waals surface area contributed by atoms with Crippen molar-refractivity contribution in [3.05, 3.63) is 82.0 Å². The summed E-state index contributed by atoms with van der Waals surface area (Å²) in [6.07, 6.45) is 3.58. The number of carbonyl (C=O) groups is 1. The summed E-state index contributed by atoms with van der Waals surface area (Å²) in [5, 5.41) is 3.05. The minimum atomic E-state index is -0.362. The highest BCUT2D eigenvalue weighted by Gasteiger charge is 2.21. The van der Waals surface area contributed by atoms with Gasteiger partial charge in [-0.2, -0.15) is 0 Å². The predicted molar refractivity (Wildman–Crippen MR) is 109 cm³/mol. The van der Waals surface area contributed by atoms with Crippen LogP contribution in [0.1, 0.15) is 36.7 Å². The molecule has 0 saturated carbocycles. The Balaban J connectivity index is 1.86. The van der Waals surface area contributed by atoms with Crippen LogP contribution < -0.4 is 10.9 Å². The Morgan fingerprint density at radius 3 is 2.54 bits per heavy atom. The van der Waals surface area contributed by atoms with E-state index in [0.29, 0.717) is 11.5 Å². The second-order valence-electron chi connectivity index (χ2n) is 7.15. The number of pyridine rings is 1. The van der Waals surface area contributed by atoms with Crippen molar-refractivity contribution in [3.8, 4) is 11.4 Å². The van der Waals surface area contributed by atoms with Gasteiger partial charge in [-0.25, -0.2) is 4.98 Å². The smallest absolute Gasteiger partial charge is 0.251 e. The number of nitrogens with zero attached hydrogens (tertiary/aromatic N) is 2. The molecule has 0 saturated heterocycles. The lowest BCUT2D eigenvalue weighted by molar-refractivity contribution is -0.121. The molecule has 0 fully saturated rings. The van der Waals surface area contributed by atoms with Crippen LogP contribution in [0.2, 0.25) is 0 Å². The van der Waals surface area contributed by atoms with Crippen molar-refractivity contribution >= 4 is 5.91 Å². The van der Waals surface area contributed by atoms with Gasteiger partial charge in [-0.15, -0.1) is 0 Å². The number of aryl methyl sites for hydroxylation is 1. The molecule has 144 valence electrons. The molecule has 0 spiro atoms. The maximum Gasteiger partial charge on any atom is 0.251 e. The van der Waals surface area contributed by atoms with Crippen LogP contribution in [0.3, 0.4) is 0 Å². The minimum absolute atomic E-state index is 0.0698. The van der Waals surface area contributed by atoms with Gasteiger partial charge in [0.2, 0.25) is 5.91 Å². The lowest BCUT2D eigenvalue weighted by Gasteiger charge is -2.22. The van der Waals surface area contributed by atoms with Crippen LogP contribution in [-0.2, 0) is 11.2 Å². The van der Waals surface area contributed by atoms with Crippen molar-refractivity contribution in [1.29, 1.82) is 0 Å². The zero-order valence-corrected chi connectivity index (χ0v) is 16.3. The summed E-state index contributed by atoms with van der Waals surface area (Å²) in [6, 6.07) is 12.5. The van der Waals surface area contributed by atoms with Crippen molar-refractivity contribution in [1.82, 2.24) is 20.3 Å². The first-order valence-corrected chi connectivity index (χ1v) is 9.29. The number of aromatic nitrogens is 3. The Morgan fingerprint density at radius 1 is 1.14 bits per heavy atom. The summed E-state index contributed by atoms with van der Waals surface area (Å²) in [5.41, 5.74) is 3.12. The van der Waals surface area contributed by atoms with E-state index in [0.717, 1.165) is 16.7 Å². The summed E-state index contributed by atoms with van der Waals surface area (Å²) in [5.74, 6) is 0.435. The number of benzene rings is 1. The van der Waals surface area contributed by atoms with E-state index in [4.69, 9.17) is 0 Å². The van der Waals surface area contributed by atoms with E-state index in [1.54, 1.807) is 24.5 Å². The first-order valence-electron chi connectivity index (χ1n) is 9.29. The number of hydrogen-bond acceptors (Lipinski definition) is 4. The van der Waals surface area contributed by atoms with Crippen LogP contribution in [-0.4, -0.2) is 20.9 Å². The summed E-state index contributed by atoms with van der Waals surface area (Å²) in [7, 11) is 0. The van der Waals surface area contributed by atoms with Crippen LogP contribution in [0, 0.1) is 12.8 Å². The normalized spacial score (nSPS) is 12.0. The van der Waals surface area contributed by atoms with Crippen LogP contribution in [0.4, 0.5) is 0 Å². The standard InChI is InChI=1S/C22H24N4O2/c1-14(2)21(25-19(27)12-17-7-5-4-6-15(17)3)18-13-20(28)26-22(24-18)16-8-10-23-11-9-16/h4-11,13-14,21H,12H2,1-3H3,(H,25,27)(H,24,26,28). The van der Waals surface area contributed by atoms with E-state index in [9.17, 15) is 9.59 Å². The molecule has 6 nitrogen and oxygen atoms in total. The van der Waals surface area contributed by atoms with Crippen molar-refractivity contribution in [2.24, 2.45) is 5.92 Å². The van der Waals surface area contributed by atoms with Gasteiger partial charge in [0, 0.05) is 24.0 Å². The van der Waals surface area contributed by atoms with Gasteiger partial charge in [0.1, 0.15) is 5.82 Å². The molecular formula is C22H24N4O2. The summed E-state index contributed by atoms with van der Waals surface area (Å²) in [6.45, 7) is 5.98. The van der Waals surface area contributed by atoms with Crippen LogP contribution >= 0.6 is 0 Å². The van der Waals surface area contributed by atoms with E-state index in [1.165, 1.54) is 6.07 Å². The lowest BCUT2D eigenvalue weighted by atomic mass is 9.99. The highest BCUT2D eigenvalue weighted by Crippen LogP contribution is 2.21. The Labute approximate surface area is 164 Å². The maximum atomic E-state index is 12.7. The average Bonchev–Trinajstić information content (AvgIpc) is 2.68. The van der Waals surface area contributed by atoms with Gasteiger partial charge in [-0.1, -0.05) is 38.1 Å². The third kappa shape index (κ3) is 4.71. The SMILES string of the molecule is Cc1ccccc1CC(=O)NC(c1cc(=O)[nH]c(-c2ccncc2)n1)C(C)C. The molecule has 2 N–H and O–H groups in total. The second kappa shape index (κ2) is 8.61. The van der Waals surface area contributed by atoms with Gasteiger partial charge < -0.3 is 10.3 Å². The average molecular weight is 376 g/mol. The molecule has 0 bridgehead atoms.